The van der Waals surface area contributed by atoms with Crippen molar-refractivity contribution in [3.8, 4) is 0 Å². The van der Waals surface area contributed by atoms with Gasteiger partial charge in [-0.1, -0.05) is 37.1 Å². The fraction of sp³-hybridized carbons (Fsp3) is 0.467. The summed E-state index contributed by atoms with van der Waals surface area (Å²) >= 11 is 6.45. The highest BCUT2D eigenvalue weighted by atomic mass is 35.5. The minimum atomic E-state index is -0.546. The molecule has 0 aliphatic carbocycles. The van der Waals surface area contributed by atoms with Crippen LogP contribution in [0, 0.1) is 12.8 Å². The molecule has 1 N–H and O–H groups in total. The molecule has 1 aromatic carbocycles. The molecule has 0 saturated carbocycles. The molecule has 1 heterocycles. The molecule has 1 unspecified atom stereocenters. The monoisotopic (exact) mass is 265 g/mol. The summed E-state index contributed by atoms with van der Waals surface area (Å²) in [6.45, 7) is 9.02. The van der Waals surface area contributed by atoms with Crippen molar-refractivity contribution in [3.63, 3.8) is 0 Å². The van der Waals surface area contributed by atoms with E-state index in [1.807, 2.05) is 0 Å². The average molecular weight is 266 g/mol. The summed E-state index contributed by atoms with van der Waals surface area (Å²) < 4.78 is 2.10. The van der Waals surface area contributed by atoms with Crippen molar-refractivity contribution in [1.82, 2.24) is 4.57 Å². The lowest BCUT2D eigenvalue weighted by molar-refractivity contribution is 0.200. The second-order valence-corrected chi connectivity index (χ2v) is 5.76. The van der Waals surface area contributed by atoms with Crippen molar-refractivity contribution >= 4 is 22.5 Å². The van der Waals surface area contributed by atoms with Gasteiger partial charge in [-0.3, -0.25) is 0 Å². The van der Waals surface area contributed by atoms with Crippen molar-refractivity contribution in [1.29, 1.82) is 0 Å². The van der Waals surface area contributed by atoms with Crippen LogP contribution in [0.2, 0.25) is 5.15 Å². The summed E-state index contributed by atoms with van der Waals surface area (Å²) in [6.07, 6.45) is -0.546. The topological polar surface area (TPSA) is 25.2 Å². The first-order valence-electron chi connectivity index (χ1n) is 6.38. The van der Waals surface area contributed by atoms with Gasteiger partial charge < -0.3 is 9.67 Å². The van der Waals surface area contributed by atoms with Crippen LogP contribution in [0.1, 0.15) is 38.0 Å². The second kappa shape index (κ2) is 4.94. The van der Waals surface area contributed by atoms with Crippen molar-refractivity contribution in [2.75, 3.05) is 0 Å². The largest absolute Gasteiger partial charge is 0.389 e. The minimum absolute atomic E-state index is 0.515. The molecule has 0 aliphatic heterocycles. The number of fused-ring (bicyclic) bond motifs is 1. The summed E-state index contributed by atoms with van der Waals surface area (Å²) in [6, 6.07) is 6.27. The third-order valence-corrected chi connectivity index (χ3v) is 3.57. The Balaban J connectivity index is 2.74. The van der Waals surface area contributed by atoms with Gasteiger partial charge in [-0.2, -0.15) is 0 Å². The average Bonchev–Trinajstić information content (AvgIpc) is 2.50. The molecule has 18 heavy (non-hydrogen) atoms. The quantitative estimate of drug-likeness (QED) is 0.879. The normalized spacial score (nSPS) is 13.5. The van der Waals surface area contributed by atoms with Crippen LogP contribution < -0.4 is 0 Å². The van der Waals surface area contributed by atoms with Gasteiger partial charge in [0.1, 0.15) is 5.15 Å². The first-order chi connectivity index (χ1) is 8.41. The Bertz CT molecular complexity index is 569. The Morgan fingerprint density at radius 1 is 1.28 bits per heavy atom. The first kappa shape index (κ1) is 13.4. The summed E-state index contributed by atoms with van der Waals surface area (Å²) in [7, 11) is 0. The van der Waals surface area contributed by atoms with E-state index in [0.29, 0.717) is 11.1 Å². The van der Waals surface area contributed by atoms with Crippen LogP contribution in [0.5, 0.6) is 0 Å². The number of halogens is 1. The molecule has 0 saturated heterocycles. The molecule has 0 radical (unpaired) electrons. The number of hydrogen-bond donors (Lipinski definition) is 1. The van der Waals surface area contributed by atoms with Crippen LogP contribution in [0.4, 0.5) is 0 Å². The van der Waals surface area contributed by atoms with E-state index >= 15 is 0 Å². The zero-order chi connectivity index (χ0) is 13.4. The second-order valence-electron chi connectivity index (χ2n) is 5.41. The number of aliphatic hydroxyl groups excluding tert-OH is 1. The molecule has 2 nitrogen and oxygen atoms in total. The number of aliphatic hydroxyl groups is 1. The molecule has 0 fully saturated rings. The minimum Gasteiger partial charge on any atom is -0.389 e. The van der Waals surface area contributed by atoms with Crippen molar-refractivity contribution in [2.45, 2.75) is 40.3 Å². The van der Waals surface area contributed by atoms with E-state index in [1.165, 1.54) is 5.56 Å². The lowest BCUT2D eigenvalue weighted by Gasteiger charge is -2.10. The molecule has 2 aromatic rings. The van der Waals surface area contributed by atoms with Crippen LogP contribution in [-0.4, -0.2) is 9.67 Å². The van der Waals surface area contributed by atoms with Gasteiger partial charge in [-0.15, -0.1) is 0 Å². The Hall–Kier alpha value is -0.990. The Morgan fingerprint density at radius 2 is 1.94 bits per heavy atom. The van der Waals surface area contributed by atoms with Crippen molar-refractivity contribution in [3.05, 3.63) is 34.5 Å². The molecular formula is C15H20ClNO. The molecule has 1 atom stereocenters. The fourth-order valence-electron chi connectivity index (χ4n) is 2.40. The van der Waals surface area contributed by atoms with E-state index in [1.54, 1.807) is 6.92 Å². The lowest BCUT2D eigenvalue weighted by Crippen LogP contribution is -2.04. The summed E-state index contributed by atoms with van der Waals surface area (Å²) in [5.74, 6) is 0.515. The molecule has 0 bridgehead atoms. The number of aromatic nitrogens is 1. The Kier molecular flexibility index (Phi) is 3.69. The standard InChI is InChI=1S/C15H20ClNO/c1-9(2)8-17-13-6-5-10(3)7-12(13)14(11(4)18)15(17)16/h5-7,9,11,18H,8H2,1-4H3. The zero-order valence-electron chi connectivity index (χ0n) is 11.4. The van der Waals surface area contributed by atoms with Gasteiger partial charge in [0.05, 0.1) is 6.10 Å². The molecule has 2 rings (SSSR count). The molecular weight excluding hydrogens is 246 g/mol. The van der Waals surface area contributed by atoms with Gasteiger partial charge in [0.2, 0.25) is 0 Å². The lowest BCUT2D eigenvalue weighted by atomic mass is 10.1. The highest BCUT2D eigenvalue weighted by molar-refractivity contribution is 6.32. The molecule has 3 heteroatoms. The van der Waals surface area contributed by atoms with Crippen LogP contribution in [0.15, 0.2) is 18.2 Å². The Labute approximate surface area is 113 Å². The molecule has 0 amide bonds. The third-order valence-electron chi connectivity index (χ3n) is 3.16. The van der Waals surface area contributed by atoms with Crippen LogP contribution in [0.25, 0.3) is 10.9 Å². The van der Waals surface area contributed by atoms with E-state index < -0.39 is 6.10 Å². The smallest absolute Gasteiger partial charge is 0.115 e. The van der Waals surface area contributed by atoms with E-state index in [4.69, 9.17) is 11.6 Å². The maximum atomic E-state index is 9.94. The summed E-state index contributed by atoms with van der Waals surface area (Å²) in [4.78, 5) is 0. The van der Waals surface area contributed by atoms with E-state index in [-0.39, 0.29) is 0 Å². The first-order valence-corrected chi connectivity index (χ1v) is 6.76. The van der Waals surface area contributed by atoms with Gasteiger partial charge in [-0.25, -0.2) is 0 Å². The number of rotatable bonds is 3. The van der Waals surface area contributed by atoms with Crippen LogP contribution >= 0.6 is 11.6 Å². The zero-order valence-corrected chi connectivity index (χ0v) is 12.1. The third kappa shape index (κ3) is 2.27. The van der Waals surface area contributed by atoms with E-state index in [2.05, 4.69) is 43.5 Å². The fourth-order valence-corrected chi connectivity index (χ4v) is 2.82. The summed E-state index contributed by atoms with van der Waals surface area (Å²) in [5, 5.41) is 11.7. The highest BCUT2D eigenvalue weighted by Gasteiger charge is 2.19. The van der Waals surface area contributed by atoms with Crippen molar-refractivity contribution in [2.24, 2.45) is 5.92 Å². The van der Waals surface area contributed by atoms with Gasteiger partial charge >= 0.3 is 0 Å². The molecule has 98 valence electrons. The van der Waals surface area contributed by atoms with Crippen molar-refractivity contribution < 1.29 is 5.11 Å². The number of hydrogen-bond acceptors (Lipinski definition) is 1. The van der Waals surface area contributed by atoms with Gasteiger partial charge in [0.15, 0.2) is 0 Å². The van der Waals surface area contributed by atoms with Gasteiger partial charge in [0, 0.05) is 23.0 Å². The maximum absolute atomic E-state index is 9.94. The van der Waals surface area contributed by atoms with Crippen LogP contribution in [0.3, 0.4) is 0 Å². The summed E-state index contributed by atoms with van der Waals surface area (Å²) in [5.41, 5.74) is 3.13. The SMILES string of the molecule is Cc1ccc2c(c1)c(C(C)O)c(Cl)n2CC(C)C. The molecule has 0 aliphatic rings. The number of nitrogens with zero attached hydrogens (tertiary/aromatic N) is 1. The van der Waals surface area contributed by atoms with Crippen LogP contribution in [-0.2, 0) is 6.54 Å². The number of benzene rings is 1. The van der Waals surface area contributed by atoms with E-state index in [0.717, 1.165) is 23.0 Å². The predicted octanol–water partition coefficient (Wildman–Crippen LogP) is 4.31. The Morgan fingerprint density at radius 3 is 2.50 bits per heavy atom. The number of aryl methyl sites for hydroxylation is 1. The molecule has 1 aromatic heterocycles. The van der Waals surface area contributed by atoms with Gasteiger partial charge in [-0.05, 0) is 31.9 Å². The highest BCUT2D eigenvalue weighted by Crippen LogP contribution is 2.35. The maximum Gasteiger partial charge on any atom is 0.115 e. The van der Waals surface area contributed by atoms with E-state index in [9.17, 15) is 5.11 Å². The van der Waals surface area contributed by atoms with Gasteiger partial charge in [0.25, 0.3) is 0 Å². The predicted molar refractivity (Wildman–Crippen MR) is 77.2 cm³/mol. The molecule has 0 spiro atoms.